The first kappa shape index (κ1) is 15.0. The molecule has 0 saturated carbocycles. The summed E-state index contributed by atoms with van der Waals surface area (Å²) in [7, 11) is 0. The lowest BCUT2D eigenvalue weighted by Gasteiger charge is -2.25. The minimum absolute atomic E-state index is 0.286. The number of nitrogen functional groups attached to an aromatic ring is 1. The van der Waals surface area contributed by atoms with Gasteiger partial charge in [0, 0.05) is 24.0 Å². The Bertz CT molecular complexity index is 582. The molecule has 0 spiro atoms. The first-order chi connectivity index (χ1) is 10.1. The van der Waals surface area contributed by atoms with E-state index in [4.69, 9.17) is 10.5 Å². The summed E-state index contributed by atoms with van der Waals surface area (Å²) in [6.07, 6.45) is 0. The van der Waals surface area contributed by atoms with E-state index < -0.39 is 0 Å². The second-order valence-corrected chi connectivity index (χ2v) is 4.97. The van der Waals surface area contributed by atoms with Crippen LogP contribution < -0.4 is 15.4 Å². The normalized spacial score (nSPS) is 10.4. The van der Waals surface area contributed by atoms with Gasteiger partial charge < -0.3 is 20.5 Å². The number of rotatable bonds is 6. The van der Waals surface area contributed by atoms with E-state index >= 15 is 0 Å². The van der Waals surface area contributed by atoms with Gasteiger partial charge in [0.05, 0.1) is 6.54 Å². The van der Waals surface area contributed by atoms with Crippen LogP contribution >= 0.6 is 0 Å². The molecule has 2 aromatic carbocycles. The van der Waals surface area contributed by atoms with E-state index in [1.54, 1.807) is 12.1 Å². The van der Waals surface area contributed by atoms with Crippen LogP contribution in [0, 0.1) is 6.92 Å². The number of hydrogen-bond donors (Lipinski definition) is 2. The number of benzene rings is 2. The Morgan fingerprint density at radius 1 is 1.14 bits per heavy atom. The third-order valence-electron chi connectivity index (χ3n) is 3.43. The SMILES string of the molecule is CCN(CCOc1ccc(N)cc1)c1cc(O)ccc1C. The van der Waals surface area contributed by atoms with E-state index in [1.807, 2.05) is 37.3 Å². The number of ether oxygens (including phenoxy) is 1. The van der Waals surface area contributed by atoms with Gasteiger partial charge in [0.25, 0.3) is 0 Å². The number of nitrogens with two attached hydrogens (primary N) is 1. The summed E-state index contributed by atoms with van der Waals surface area (Å²) >= 11 is 0. The van der Waals surface area contributed by atoms with Crippen molar-refractivity contribution >= 4 is 11.4 Å². The third kappa shape index (κ3) is 4.05. The average Bonchev–Trinajstić information content (AvgIpc) is 2.48. The number of phenolic OH excluding ortho intramolecular Hbond substituents is 1. The maximum absolute atomic E-state index is 9.64. The molecule has 0 heterocycles. The molecule has 4 nitrogen and oxygen atoms in total. The number of anilines is 2. The highest BCUT2D eigenvalue weighted by Crippen LogP contribution is 2.24. The van der Waals surface area contributed by atoms with Gasteiger partial charge in [-0.15, -0.1) is 0 Å². The van der Waals surface area contributed by atoms with E-state index in [1.165, 1.54) is 0 Å². The van der Waals surface area contributed by atoms with Crippen LogP contribution in [0.3, 0.4) is 0 Å². The predicted molar refractivity (Wildman–Crippen MR) is 87.1 cm³/mol. The van der Waals surface area contributed by atoms with Gasteiger partial charge in [0.1, 0.15) is 18.1 Å². The van der Waals surface area contributed by atoms with Crippen LogP contribution in [0.25, 0.3) is 0 Å². The van der Waals surface area contributed by atoms with Crippen LogP contribution in [0.5, 0.6) is 11.5 Å². The lowest BCUT2D eigenvalue weighted by atomic mass is 10.1. The van der Waals surface area contributed by atoms with Crippen molar-refractivity contribution < 1.29 is 9.84 Å². The molecule has 3 N–H and O–H groups in total. The highest BCUT2D eigenvalue weighted by Gasteiger charge is 2.08. The smallest absolute Gasteiger partial charge is 0.119 e. The van der Waals surface area contributed by atoms with Crippen molar-refractivity contribution in [2.24, 2.45) is 0 Å². The fourth-order valence-electron chi connectivity index (χ4n) is 2.23. The van der Waals surface area contributed by atoms with Crippen molar-refractivity contribution in [2.45, 2.75) is 13.8 Å². The van der Waals surface area contributed by atoms with Crippen LogP contribution in [0.2, 0.25) is 0 Å². The molecule has 0 aromatic heterocycles. The molecular formula is C17H22N2O2. The predicted octanol–water partition coefficient (Wildman–Crippen LogP) is 3.19. The molecule has 112 valence electrons. The summed E-state index contributed by atoms with van der Waals surface area (Å²) in [6, 6.07) is 12.8. The highest BCUT2D eigenvalue weighted by atomic mass is 16.5. The first-order valence-corrected chi connectivity index (χ1v) is 7.13. The number of hydrogen-bond acceptors (Lipinski definition) is 4. The number of aryl methyl sites for hydroxylation is 1. The van der Waals surface area contributed by atoms with Gasteiger partial charge in [-0.05, 0) is 49.7 Å². The summed E-state index contributed by atoms with van der Waals surface area (Å²) in [5.41, 5.74) is 8.56. The molecule has 2 aromatic rings. The lowest BCUT2D eigenvalue weighted by Crippen LogP contribution is -2.28. The van der Waals surface area contributed by atoms with E-state index in [0.29, 0.717) is 6.61 Å². The second-order valence-electron chi connectivity index (χ2n) is 4.97. The van der Waals surface area contributed by atoms with Gasteiger partial charge in [-0.1, -0.05) is 6.07 Å². The maximum atomic E-state index is 9.64. The molecule has 0 aliphatic carbocycles. The monoisotopic (exact) mass is 286 g/mol. The molecule has 0 unspecified atom stereocenters. The van der Waals surface area contributed by atoms with Crippen molar-refractivity contribution in [1.82, 2.24) is 0 Å². The first-order valence-electron chi connectivity index (χ1n) is 7.13. The fourth-order valence-corrected chi connectivity index (χ4v) is 2.23. The van der Waals surface area contributed by atoms with Crippen LogP contribution in [-0.4, -0.2) is 24.8 Å². The van der Waals surface area contributed by atoms with E-state index in [-0.39, 0.29) is 5.75 Å². The van der Waals surface area contributed by atoms with E-state index in [2.05, 4.69) is 11.8 Å². The van der Waals surface area contributed by atoms with Crippen LogP contribution in [0.1, 0.15) is 12.5 Å². The van der Waals surface area contributed by atoms with Gasteiger partial charge >= 0.3 is 0 Å². The molecule has 0 saturated heterocycles. The lowest BCUT2D eigenvalue weighted by molar-refractivity contribution is 0.324. The van der Waals surface area contributed by atoms with Crippen LogP contribution in [0.15, 0.2) is 42.5 Å². The van der Waals surface area contributed by atoms with Crippen molar-refractivity contribution in [3.8, 4) is 11.5 Å². The Labute approximate surface area is 125 Å². The Morgan fingerprint density at radius 3 is 2.52 bits per heavy atom. The highest BCUT2D eigenvalue weighted by molar-refractivity contribution is 5.56. The summed E-state index contributed by atoms with van der Waals surface area (Å²) in [5, 5.41) is 9.64. The summed E-state index contributed by atoms with van der Waals surface area (Å²) in [4.78, 5) is 2.19. The van der Waals surface area contributed by atoms with Gasteiger partial charge in [-0.25, -0.2) is 0 Å². The zero-order valence-corrected chi connectivity index (χ0v) is 12.5. The molecule has 2 rings (SSSR count). The Kier molecular flexibility index (Phi) is 4.93. The molecular weight excluding hydrogens is 264 g/mol. The molecule has 0 atom stereocenters. The maximum Gasteiger partial charge on any atom is 0.119 e. The standard InChI is InChI=1S/C17H22N2O2/c1-3-19(17-12-15(20)7-4-13(17)2)10-11-21-16-8-5-14(18)6-9-16/h4-9,12,20H,3,10-11,18H2,1-2H3. The zero-order chi connectivity index (χ0) is 15.2. The quantitative estimate of drug-likeness (QED) is 0.801. The van der Waals surface area contributed by atoms with Crippen LogP contribution in [-0.2, 0) is 0 Å². The number of aromatic hydroxyl groups is 1. The minimum Gasteiger partial charge on any atom is -0.508 e. The van der Waals surface area contributed by atoms with Gasteiger partial charge in [0.15, 0.2) is 0 Å². The average molecular weight is 286 g/mol. The zero-order valence-electron chi connectivity index (χ0n) is 12.5. The van der Waals surface area contributed by atoms with Gasteiger partial charge in [-0.2, -0.15) is 0 Å². The topological polar surface area (TPSA) is 58.7 Å². The fraction of sp³-hybridized carbons (Fsp3) is 0.294. The van der Waals surface area contributed by atoms with E-state index in [0.717, 1.165) is 35.8 Å². The van der Waals surface area contributed by atoms with Crippen LogP contribution in [0.4, 0.5) is 11.4 Å². The summed E-state index contributed by atoms with van der Waals surface area (Å²) < 4.78 is 5.73. The molecule has 4 heteroatoms. The van der Waals surface area contributed by atoms with Gasteiger partial charge in [0.2, 0.25) is 0 Å². The third-order valence-corrected chi connectivity index (χ3v) is 3.43. The molecule has 0 aliphatic heterocycles. The second kappa shape index (κ2) is 6.88. The summed E-state index contributed by atoms with van der Waals surface area (Å²) in [6.45, 7) is 6.32. The minimum atomic E-state index is 0.286. The summed E-state index contributed by atoms with van der Waals surface area (Å²) in [5.74, 6) is 1.10. The Morgan fingerprint density at radius 2 is 1.86 bits per heavy atom. The Balaban J connectivity index is 1.96. The number of likely N-dealkylation sites (N-methyl/N-ethyl adjacent to an activating group) is 1. The number of phenols is 1. The van der Waals surface area contributed by atoms with Crippen molar-refractivity contribution in [3.05, 3.63) is 48.0 Å². The molecule has 0 amide bonds. The number of nitrogens with zero attached hydrogens (tertiary/aromatic N) is 1. The molecule has 0 aliphatic rings. The molecule has 0 fully saturated rings. The Hall–Kier alpha value is -2.36. The molecule has 0 bridgehead atoms. The van der Waals surface area contributed by atoms with Gasteiger partial charge in [-0.3, -0.25) is 0 Å². The van der Waals surface area contributed by atoms with Crippen molar-refractivity contribution in [3.63, 3.8) is 0 Å². The largest absolute Gasteiger partial charge is 0.508 e. The van der Waals surface area contributed by atoms with Crippen molar-refractivity contribution in [1.29, 1.82) is 0 Å². The molecule has 21 heavy (non-hydrogen) atoms. The van der Waals surface area contributed by atoms with Crippen molar-refractivity contribution in [2.75, 3.05) is 30.3 Å². The molecule has 0 radical (unpaired) electrons. The van der Waals surface area contributed by atoms with E-state index in [9.17, 15) is 5.11 Å².